The molecule has 0 saturated carbocycles. The minimum Gasteiger partial charge on any atom is -0.493 e. The number of anilines is 1. The number of hydrogen-bond acceptors (Lipinski definition) is 7. The highest BCUT2D eigenvalue weighted by molar-refractivity contribution is 9.10. The standard InChI is InChI=1S/C25H18BrN3O7/c1-35-21-12-16(20(29(33)34)13-22(21)36-14-15-5-3-2-4-6-15)11-19-23(30)27-25(32)28(24(19)31)18-9-7-17(26)8-10-18/h2-13H,14H2,1H3,(H,27,30,32)/b19-11+. The first kappa shape index (κ1) is 24.6. The van der Waals surface area contributed by atoms with E-state index in [0.29, 0.717) is 0 Å². The maximum atomic E-state index is 13.1. The molecule has 1 heterocycles. The van der Waals surface area contributed by atoms with Gasteiger partial charge in [-0.15, -0.1) is 0 Å². The summed E-state index contributed by atoms with van der Waals surface area (Å²) in [6, 6.07) is 17.0. The number of carbonyl (C=O) groups excluding carboxylic acids is 3. The summed E-state index contributed by atoms with van der Waals surface area (Å²) in [5.74, 6) is -1.63. The Bertz CT molecular complexity index is 1390. The van der Waals surface area contributed by atoms with E-state index >= 15 is 0 Å². The highest BCUT2D eigenvalue weighted by atomic mass is 79.9. The summed E-state index contributed by atoms with van der Waals surface area (Å²) in [6.07, 6.45) is 1.05. The van der Waals surface area contributed by atoms with E-state index in [4.69, 9.17) is 9.47 Å². The summed E-state index contributed by atoms with van der Waals surface area (Å²) in [7, 11) is 1.36. The molecule has 0 radical (unpaired) electrons. The predicted octanol–water partition coefficient (Wildman–Crippen LogP) is 4.61. The van der Waals surface area contributed by atoms with Crippen molar-refractivity contribution >= 4 is 51.2 Å². The van der Waals surface area contributed by atoms with E-state index in [9.17, 15) is 24.5 Å². The molecule has 10 nitrogen and oxygen atoms in total. The minimum absolute atomic E-state index is 0.0764. The highest BCUT2D eigenvalue weighted by Gasteiger charge is 2.37. The van der Waals surface area contributed by atoms with Crippen molar-refractivity contribution in [1.29, 1.82) is 0 Å². The van der Waals surface area contributed by atoms with Crippen LogP contribution < -0.4 is 19.7 Å². The van der Waals surface area contributed by atoms with Crippen LogP contribution in [0.25, 0.3) is 6.08 Å². The SMILES string of the molecule is COc1cc(/C=C2\C(=O)NC(=O)N(c3ccc(Br)cc3)C2=O)c([N+](=O)[O-])cc1OCc1ccccc1. The van der Waals surface area contributed by atoms with Gasteiger partial charge in [-0.25, -0.2) is 9.69 Å². The Morgan fingerprint density at radius 2 is 1.72 bits per heavy atom. The van der Waals surface area contributed by atoms with Crippen LogP contribution in [0.15, 0.2) is 76.8 Å². The molecule has 0 aliphatic carbocycles. The van der Waals surface area contributed by atoms with Gasteiger partial charge in [-0.2, -0.15) is 0 Å². The van der Waals surface area contributed by atoms with Crippen molar-refractivity contribution in [2.75, 3.05) is 12.0 Å². The molecule has 0 spiro atoms. The lowest BCUT2D eigenvalue weighted by Crippen LogP contribution is -2.54. The molecule has 3 aromatic carbocycles. The average Bonchev–Trinajstić information content (AvgIpc) is 2.86. The number of barbiturate groups is 1. The second-order valence-electron chi connectivity index (χ2n) is 7.53. The quantitative estimate of drug-likeness (QED) is 0.196. The third-order valence-corrected chi connectivity index (χ3v) is 5.76. The molecule has 4 rings (SSSR count). The number of methoxy groups -OCH3 is 1. The number of hydrogen-bond donors (Lipinski definition) is 1. The zero-order chi connectivity index (χ0) is 25.8. The maximum Gasteiger partial charge on any atom is 0.335 e. The Hall–Kier alpha value is -4.51. The Morgan fingerprint density at radius 3 is 2.36 bits per heavy atom. The molecule has 0 aromatic heterocycles. The van der Waals surface area contributed by atoms with Crippen molar-refractivity contribution in [2.24, 2.45) is 0 Å². The van der Waals surface area contributed by atoms with Crippen LogP contribution in [0.5, 0.6) is 11.5 Å². The molecule has 182 valence electrons. The van der Waals surface area contributed by atoms with E-state index in [1.54, 1.807) is 12.1 Å². The number of benzene rings is 3. The number of amides is 4. The largest absolute Gasteiger partial charge is 0.493 e. The van der Waals surface area contributed by atoms with Gasteiger partial charge in [-0.05, 0) is 42.0 Å². The van der Waals surface area contributed by atoms with Crippen LogP contribution >= 0.6 is 15.9 Å². The number of urea groups is 1. The number of imide groups is 2. The molecule has 3 aromatic rings. The third-order valence-electron chi connectivity index (χ3n) is 5.23. The summed E-state index contributed by atoms with van der Waals surface area (Å²) < 4.78 is 11.8. The number of nitrogens with one attached hydrogen (secondary N) is 1. The molecule has 0 unspecified atom stereocenters. The summed E-state index contributed by atoms with van der Waals surface area (Å²) in [6.45, 7) is 0.139. The monoisotopic (exact) mass is 551 g/mol. The number of nitro groups is 1. The lowest BCUT2D eigenvalue weighted by molar-refractivity contribution is -0.385. The first-order valence-corrected chi connectivity index (χ1v) is 11.3. The molecule has 0 atom stereocenters. The Balaban J connectivity index is 1.72. The number of nitrogens with zero attached hydrogens (tertiary/aromatic N) is 2. The fourth-order valence-electron chi connectivity index (χ4n) is 3.48. The number of rotatable bonds is 7. The van der Waals surface area contributed by atoms with Crippen LogP contribution in [0, 0.1) is 10.1 Å². The second kappa shape index (κ2) is 10.4. The first-order valence-electron chi connectivity index (χ1n) is 10.5. The normalized spacial score (nSPS) is 14.6. The summed E-state index contributed by atoms with van der Waals surface area (Å²) in [5.41, 5.74) is 0.110. The zero-order valence-electron chi connectivity index (χ0n) is 18.8. The van der Waals surface area contributed by atoms with Gasteiger partial charge in [-0.1, -0.05) is 46.3 Å². The molecule has 36 heavy (non-hydrogen) atoms. The fraction of sp³-hybridized carbons (Fsp3) is 0.0800. The van der Waals surface area contributed by atoms with Gasteiger partial charge in [0, 0.05) is 4.47 Å². The molecule has 1 aliphatic rings. The van der Waals surface area contributed by atoms with E-state index in [1.165, 1.54) is 25.3 Å². The van der Waals surface area contributed by atoms with Crippen LogP contribution in [0.3, 0.4) is 0 Å². The van der Waals surface area contributed by atoms with Gasteiger partial charge in [-0.3, -0.25) is 25.0 Å². The lowest BCUT2D eigenvalue weighted by atomic mass is 10.0. The number of nitro benzene ring substituents is 1. The lowest BCUT2D eigenvalue weighted by Gasteiger charge is -2.26. The average molecular weight is 552 g/mol. The second-order valence-corrected chi connectivity index (χ2v) is 8.44. The first-order chi connectivity index (χ1) is 17.3. The van der Waals surface area contributed by atoms with E-state index in [1.807, 2.05) is 30.3 Å². The molecule has 0 bridgehead atoms. The van der Waals surface area contributed by atoms with Gasteiger partial charge in [0.2, 0.25) is 0 Å². The van der Waals surface area contributed by atoms with Gasteiger partial charge < -0.3 is 9.47 Å². The van der Waals surface area contributed by atoms with E-state index in [2.05, 4.69) is 21.2 Å². The number of ether oxygens (including phenoxy) is 2. The Kier molecular flexibility index (Phi) is 7.11. The van der Waals surface area contributed by atoms with Crippen molar-refractivity contribution < 1.29 is 28.8 Å². The van der Waals surface area contributed by atoms with Crippen molar-refractivity contribution in [1.82, 2.24) is 5.32 Å². The fourth-order valence-corrected chi connectivity index (χ4v) is 3.75. The Morgan fingerprint density at radius 1 is 1.03 bits per heavy atom. The van der Waals surface area contributed by atoms with Crippen molar-refractivity contribution in [3.8, 4) is 11.5 Å². The molecule has 4 amide bonds. The molecular weight excluding hydrogens is 534 g/mol. The summed E-state index contributed by atoms with van der Waals surface area (Å²) in [4.78, 5) is 50.0. The highest BCUT2D eigenvalue weighted by Crippen LogP contribution is 2.37. The van der Waals surface area contributed by atoms with Gasteiger partial charge >= 0.3 is 6.03 Å². The van der Waals surface area contributed by atoms with E-state index < -0.39 is 34.0 Å². The van der Waals surface area contributed by atoms with Crippen molar-refractivity contribution in [3.63, 3.8) is 0 Å². The topological polar surface area (TPSA) is 128 Å². The van der Waals surface area contributed by atoms with Crippen molar-refractivity contribution in [3.05, 3.63) is 98.0 Å². The predicted molar refractivity (Wildman–Crippen MR) is 134 cm³/mol. The maximum absolute atomic E-state index is 13.1. The number of carbonyl (C=O) groups is 3. The van der Waals surface area contributed by atoms with Crippen molar-refractivity contribution in [2.45, 2.75) is 6.61 Å². The van der Waals surface area contributed by atoms with E-state index in [0.717, 1.165) is 27.1 Å². The molecule has 11 heteroatoms. The van der Waals surface area contributed by atoms with Crippen LogP contribution in [0.2, 0.25) is 0 Å². The molecule has 1 aliphatic heterocycles. The van der Waals surface area contributed by atoms with E-state index in [-0.39, 0.29) is 29.4 Å². The molecule has 1 saturated heterocycles. The zero-order valence-corrected chi connectivity index (χ0v) is 20.4. The Labute approximate surface area is 213 Å². The molecule has 1 N–H and O–H groups in total. The van der Waals surface area contributed by atoms with Crippen LogP contribution in [0.1, 0.15) is 11.1 Å². The van der Waals surface area contributed by atoms with Crippen LogP contribution in [-0.2, 0) is 16.2 Å². The van der Waals surface area contributed by atoms with Crippen LogP contribution in [0.4, 0.5) is 16.2 Å². The number of halogens is 1. The smallest absolute Gasteiger partial charge is 0.335 e. The van der Waals surface area contributed by atoms with Gasteiger partial charge in [0.25, 0.3) is 17.5 Å². The van der Waals surface area contributed by atoms with Crippen LogP contribution in [-0.4, -0.2) is 29.9 Å². The molecular formula is C25H18BrN3O7. The van der Waals surface area contributed by atoms with Gasteiger partial charge in [0.1, 0.15) is 12.2 Å². The summed E-state index contributed by atoms with van der Waals surface area (Å²) in [5, 5.41) is 13.9. The molecule has 1 fully saturated rings. The van der Waals surface area contributed by atoms with Gasteiger partial charge in [0.05, 0.1) is 29.4 Å². The third kappa shape index (κ3) is 5.10. The van der Waals surface area contributed by atoms with Gasteiger partial charge in [0.15, 0.2) is 11.5 Å². The minimum atomic E-state index is -0.976. The summed E-state index contributed by atoms with van der Waals surface area (Å²) >= 11 is 3.28.